The minimum absolute atomic E-state index is 0.301. The Morgan fingerprint density at radius 2 is 1.41 bits per heavy atom. The Bertz CT molecular complexity index is 1150. The normalized spacial score (nSPS) is 10.5. The summed E-state index contributed by atoms with van der Waals surface area (Å²) in [6.45, 7) is 0. The molecule has 1 aromatic heterocycles. The molecule has 0 radical (unpaired) electrons. The zero-order valence-corrected chi connectivity index (χ0v) is 14.2. The predicted molar refractivity (Wildman–Crippen MR) is 103 cm³/mol. The Kier molecular flexibility index (Phi) is 4.41. The van der Waals surface area contributed by atoms with E-state index in [2.05, 4.69) is 5.32 Å². The number of carbonyl (C=O) groups excluding carboxylic acids is 1. The number of anilines is 1. The van der Waals surface area contributed by atoms with Gasteiger partial charge in [-0.1, -0.05) is 36.4 Å². The largest absolute Gasteiger partial charge is 0.457 e. The Morgan fingerprint density at radius 3 is 2.15 bits per heavy atom. The number of benzene rings is 3. The molecule has 5 nitrogen and oxygen atoms in total. The third kappa shape index (κ3) is 3.57. The summed E-state index contributed by atoms with van der Waals surface area (Å²) in [5.41, 5.74) is 0.440. The van der Waals surface area contributed by atoms with Crippen molar-refractivity contribution in [1.82, 2.24) is 0 Å². The van der Waals surface area contributed by atoms with Gasteiger partial charge < -0.3 is 14.5 Å². The van der Waals surface area contributed by atoms with Crippen LogP contribution in [0.1, 0.15) is 10.4 Å². The molecule has 0 aliphatic carbocycles. The molecule has 3 aromatic carbocycles. The standard InChI is InChI=1S/C22H15NO4/c24-21(20-14-26-22(25)19-9-5-4-8-18(19)20)23-15-10-12-17(13-11-15)27-16-6-2-1-3-7-16/h1-14H,(H,23,24). The van der Waals surface area contributed by atoms with E-state index >= 15 is 0 Å². The van der Waals surface area contributed by atoms with Crippen LogP contribution in [0, 0.1) is 0 Å². The van der Waals surface area contributed by atoms with Gasteiger partial charge in [0.1, 0.15) is 17.8 Å². The predicted octanol–water partition coefficient (Wildman–Crippen LogP) is 4.84. The van der Waals surface area contributed by atoms with E-state index in [1.807, 2.05) is 30.3 Å². The van der Waals surface area contributed by atoms with Crippen LogP contribution in [0.4, 0.5) is 5.69 Å². The van der Waals surface area contributed by atoms with Crippen molar-refractivity contribution in [1.29, 1.82) is 0 Å². The number of hydrogen-bond acceptors (Lipinski definition) is 4. The molecule has 1 heterocycles. The smallest absolute Gasteiger partial charge is 0.343 e. The molecule has 132 valence electrons. The van der Waals surface area contributed by atoms with Gasteiger partial charge in [-0.15, -0.1) is 0 Å². The van der Waals surface area contributed by atoms with E-state index in [-0.39, 0.29) is 5.91 Å². The van der Waals surface area contributed by atoms with Crippen molar-refractivity contribution in [2.45, 2.75) is 0 Å². The van der Waals surface area contributed by atoms with Crippen LogP contribution >= 0.6 is 0 Å². The van der Waals surface area contributed by atoms with Gasteiger partial charge in [0.25, 0.3) is 5.91 Å². The monoisotopic (exact) mass is 357 g/mol. The lowest BCUT2D eigenvalue weighted by Gasteiger charge is -2.09. The van der Waals surface area contributed by atoms with Crippen molar-refractivity contribution >= 4 is 22.4 Å². The van der Waals surface area contributed by atoms with Gasteiger partial charge in [-0.3, -0.25) is 4.79 Å². The maximum absolute atomic E-state index is 12.6. The molecule has 4 rings (SSSR count). The second kappa shape index (κ2) is 7.17. The summed E-state index contributed by atoms with van der Waals surface area (Å²) in [7, 11) is 0. The number of amides is 1. The highest BCUT2D eigenvalue weighted by Gasteiger charge is 2.13. The summed E-state index contributed by atoms with van der Waals surface area (Å²) in [4.78, 5) is 24.4. The van der Waals surface area contributed by atoms with Crippen LogP contribution in [0.2, 0.25) is 0 Å². The molecule has 5 heteroatoms. The quantitative estimate of drug-likeness (QED) is 0.567. The Labute approximate surface area is 154 Å². The first kappa shape index (κ1) is 16.6. The second-order valence-corrected chi connectivity index (χ2v) is 5.88. The molecule has 0 saturated heterocycles. The van der Waals surface area contributed by atoms with E-state index < -0.39 is 5.63 Å². The first-order valence-electron chi connectivity index (χ1n) is 8.35. The summed E-state index contributed by atoms with van der Waals surface area (Å²) in [6.07, 6.45) is 1.19. The third-order valence-corrected chi connectivity index (χ3v) is 4.06. The number of carbonyl (C=O) groups is 1. The van der Waals surface area contributed by atoms with E-state index in [1.165, 1.54) is 6.26 Å². The van der Waals surface area contributed by atoms with Gasteiger partial charge in [0, 0.05) is 11.1 Å². The van der Waals surface area contributed by atoms with Crippen molar-refractivity contribution in [2.75, 3.05) is 5.32 Å². The van der Waals surface area contributed by atoms with E-state index in [4.69, 9.17) is 9.15 Å². The highest BCUT2D eigenvalue weighted by atomic mass is 16.5. The number of rotatable bonds is 4. The average molecular weight is 357 g/mol. The highest BCUT2D eigenvalue weighted by molar-refractivity contribution is 6.12. The summed E-state index contributed by atoms with van der Waals surface area (Å²) >= 11 is 0. The number of ether oxygens (including phenoxy) is 1. The van der Waals surface area contributed by atoms with Crippen LogP contribution in [0.25, 0.3) is 10.8 Å². The number of fused-ring (bicyclic) bond motifs is 1. The number of nitrogens with one attached hydrogen (secondary N) is 1. The van der Waals surface area contributed by atoms with Gasteiger partial charge in [-0.25, -0.2) is 4.79 Å². The summed E-state index contributed by atoms with van der Waals surface area (Å²) in [6, 6.07) is 23.3. The summed E-state index contributed by atoms with van der Waals surface area (Å²) in [5, 5.41) is 3.73. The van der Waals surface area contributed by atoms with E-state index in [9.17, 15) is 9.59 Å². The molecule has 0 bridgehead atoms. The molecule has 1 N–H and O–H groups in total. The molecule has 0 aliphatic heterocycles. The average Bonchev–Trinajstić information content (AvgIpc) is 2.71. The van der Waals surface area contributed by atoms with Gasteiger partial charge in [-0.2, -0.15) is 0 Å². The molecular weight excluding hydrogens is 342 g/mol. The van der Waals surface area contributed by atoms with Crippen LogP contribution < -0.4 is 15.7 Å². The Balaban J connectivity index is 1.54. The minimum Gasteiger partial charge on any atom is -0.457 e. The molecule has 0 saturated carbocycles. The fourth-order valence-electron chi connectivity index (χ4n) is 2.74. The lowest BCUT2D eigenvalue weighted by atomic mass is 10.1. The van der Waals surface area contributed by atoms with Crippen LogP contribution in [-0.4, -0.2) is 5.91 Å². The first-order valence-corrected chi connectivity index (χ1v) is 8.35. The number of hydrogen-bond donors (Lipinski definition) is 1. The molecule has 27 heavy (non-hydrogen) atoms. The second-order valence-electron chi connectivity index (χ2n) is 5.88. The van der Waals surface area contributed by atoms with Gasteiger partial charge in [-0.05, 0) is 42.5 Å². The zero-order chi connectivity index (χ0) is 18.6. The van der Waals surface area contributed by atoms with Gasteiger partial charge >= 0.3 is 5.63 Å². The third-order valence-electron chi connectivity index (χ3n) is 4.06. The van der Waals surface area contributed by atoms with Gasteiger partial charge in [0.05, 0.1) is 10.9 Å². The van der Waals surface area contributed by atoms with Crippen molar-refractivity contribution < 1.29 is 13.9 Å². The lowest BCUT2D eigenvalue weighted by Crippen LogP contribution is -2.14. The molecule has 0 spiro atoms. The van der Waals surface area contributed by atoms with Gasteiger partial charge in [0.2, 0.25) is 0 Å². The van der Waals surface area contributed by atoms with Crippen LogP contribution in [-0.2, 0) is 0 Å². The lowest BCUT2D eigenvalue weighted by molar-refractivity contribution is 0.102. The van der Waals surface area contributed by atoms with Crippen LogP contribution in [0.5, 0.6) is 11.5 Å². The number of para-hydroxylation sites is 1. The minimum atomic E-state index is -0.468. The Morgan fingerprint density at radius 1 is 0.778 bits per heavy atom. The maximum atomic E-state index is 12.6. The summed E-state index contributed by atoms with van der Waals surface area (Å²) in [5.74, 6) is 1.04. The molecule has 0 unspecified atom stereocenters. The van der Waals surface area contributed by atoms with Gasteiger partial charge in [0.15, 0.2) is 0 Å². The van der Waals surface area contributed by atoms with E-state index in [0.29, 0.717) is 27.8 Å². The topological polar surface area (TPSA) is 68.5 Å². The van der Waals surface area contributed by atoms with Crippen LogP contribution in [0.15, 0.2) is 94.3 Å². The molecule has 0 aliphatic rings. The molecule has 0 atom stereocenters. The molecule has 0 fully saturated rings. The zero-order valence-electron chi connectivity index (χ0n) is 14.2. The SMILES string of the molecule is O=C(Nc1ccc(Oc2ccccc2)cc1)c1coc(=O)c2ccccc12. The first-order chi connectivity index (χ1) is 13.2. The fraction of sp³-hybridized carbons (Fsp3) is 0. The summed E-state index contributed by atoms with van der Waals surface area (Å²) < 4.78 is 10.7. The highest BCUT2D eigenvalue weighted by Crippen LogP contribution is 2.23. The Hall–Kier alpha value is -3.86. The van der Waals surface area contributed by atoms with Crippen molar-refractivity contribution in [3.8, 4) is 11.5 Å². The molecule has 1 amide bonds. The fourth-order valence-corrected chi connectivity index (χ4v) is 2.74. The molecular formula is C22H15NO4. The molecule has 4 aromatic rings. The van der Waals surface area contributed by atoms with E-state index in [0.717, 1.165) is 5.75 Å². The van der Waals surface area contributed by atoms with Crippen molar-refractivity contribution in [2.24, 2.45) is 0 Å². The van der Waals surface area contributed by atoms with Crippen LogP contribution in [0.3, 0.4) is 0 Å². The maximum Gasteiger partial charge on any atom is 0.343 e. The van der Waals surface area contributed by atoms with Crippen molar-refractivity contribution in [3.05, 3.63) is 101 Å². The van der Waals surface area contributed by atoms with Crippen molar-refractivity contribution in [3.63, 3.8) is 0 Å². The van der Waals surface area contributed by atoms with E-state index in [1.54, 1.807) is 48.5 Å².